The van der Waals surface area contributed by atoms with Crippen molar-refractivity contribution in [2.45, 2.75) is 45.6 Å². The van der Waals surface area contributed by atoms with Crippen molar-refractivity contribution < 1.29 is 0 Å². The van der Waals surface area contributed by atoms with Gasteiger partial charge < -0.3 is 5.32 Å². The van der Waals surface area contributed by atoms with Crippen molar-refractivity contribution in [3.8, 4) is 0 Å². The standard InChI is InChI=1S/C12H21IN2S/c1-12(2,3)10-9-16-11(15-10)8-14-7-5-4-6-13/h9,14H,4-8H2,1-3H3. The summed E-state index contributed by atoms with van der Waals surface area (Å²) in [6.45, 7) is 8.65. The van der Waals surface area contributed by atoms with E-state index in [9.17, 15) is 0 Å². The first-order valence-corrected chi connectivity index (χ1v) is 8.16. The average molecular weight is 352 g/mol. The van der Waals surface area contributed by atoms with Crippen molar-refractivity contribution in [3.63, 3.8) is 0 Å². The predicted molar refractivity (Wildman–Crippen MR) is 80.6 cm³/mol. The third kappa shape index (κ3) is 5.10. The predicted octanol–water partition coefficient (Wildman–Crippen LogP) is 3.75. The van der Waals surface area contributed by atoms with Crippen molar-refractivity contribution >= 4 is 33.9 Å². The van der Waals surface area contributed by atoms with Crippen LogP contribution in [0.25, 0.3) is 0 Å². The van der Waals surface area contributed by atoms with Gasteiger partial charge in [0.1, 0.15) is 5.01 Å². The van der Waals surface area contributed by atoms with Crippen molar-refractivity contribution in [1.82, 2.24) is 10.3 Å². The fraction of sp³-hybridized carbons (Fsp3) is 0.750. The van der Waals surface area contributed by atoms with E-state index in [1.165, 1.54) is 28.0 Å². The van der Waals surface area contributed by atoms with E-state index in [1.54, 1.807) is 11.3 Å². The Morgan fingerprint density at radius 3 is 2.69 bits per heavy atom. The molecule has 92 valence electrons. The Labute approximate surface area is 116 Å². The zero-order chi connectivity index (χ0) is 12.0. The highest BCUT2D eigenvalue weighted by molar-refractivity contribution is 14.1. The normalized spacial score (nSPS) is 12.0. The molecule has 0 saturated heterocycles. The second-order valence-corrected chi connectivity index (χ2v) is 6.97. The molecule has 16 heavy (non-hydrogen) atoms. The van der Waals surface area contributed by atoms with Crippen LogP contribution in [0.2, 0.25) is 0 Å². The zero-order valence-corrected chi connectivity index (χ0v) is 13.3. The summed E-state index contributed by atoms with van der Waals surface area (Å²) in [4.78, 5) is 4.65. The third-order valence-corrected chi connectivity index (χ3v) is 3.95. The van der Waals surface area contributed by atoms with Crippen LogP contribution >= 0.6 is 33.9 Å². The van der Waals surface area contributed by atoms with Crippen molar-refractivity contribution in [2.24, 2.45) is 0 Å². The molecule has 0 amide bonds. The highest BCUT2D eigenvalue weighted by Crippen LogP contribution is 2.23. The van der Waals surface area contributed by atoms with Crippen LogP contribution in [0.1, 0.15) is 44.3 Å². The maximum Gasteiger partial charge on any atom is 0.107 e. The van der Waals surface area contributed by atoms with E-state index < -0.39 is 0 Å². The van der Waals surface area contributed by atoms with E-state index in [1.807, 2.05) is 0 Å². The molecule has 1 N–H and O–H groups in total. The van der Waals surface area contributed by atoms with E-state index in [-0.39, 0.29) is 5.41 Å². The van der Waals surface area contributed by atoms with Gasteiger partial charge in [0, 0.05) is 17.3 Å². The van der Waals surface area contributed by atoms with Gasteiger partial charge in [0.15, 0.2) is 0 Å². The number of nitrogens with zero attached hydrogens (tertiary/aromatic N) is 1. The van der Waals surface area contributed by atoms with E-state index in [2.05, 4.69) is 59.0 Å². The molecule has 4 heteroatoms. The summed E-state index contributed by atoms with van der Waals surface area (Å²) in [5.74, 6) is 0. The molecule has 2 nitrogen and oxygen atoms in total. The average Bonchev–Trinajstić information content (AvgIpc) is 2.65. The SMILES string of the molecule is CC(C)(C)c1csc(CNCCCCI)n1. The molecule has 0 aromatic carbocycles. The maximum absolute atomic E-state index is 4.65. The minimum atomic E-state index is 0.177. The van der Waals surface area contributed by atoms with Crippen LogP contribution < -0.4 is 5.32 Å². The van der Waals surface area contributed by atoms with E-state index >= 15 is 0 Å². The first-order chi connectivity index (χ1) is 7.54. The molecule has 0 radical (unpaired) electrons. The Hall–Kier alpha value is 0.320. The van der Waals surface area contributed by atoms with Gasteiger partial charge in [-0.25, -0.2) is 4.98 Å². The van der Waals surface area contributed by atoms with Gasteiger partial charge in [0.2, 0.25) is 0 Å². The van der Waals surface area contributed by atoms with Gasteiger partial charge in [-0.1, -0.05) is 43.4 Å². The molecule has 0 fully saturated rings. The van der Waals surface area contributed by atoms with Gasteiger partial charge in [-0.05, 0) is 23.8 Å². The molecule has 1 heterocycles. The summed E-state index contributed by atoms with van der Waals surface area (Å²) in [6.07, 6.45) is 2.57. The molecule has 0 aliphatic heterocycles. The lowest BCUT2D eigenvalue weighted by Gasteiger charge is -2.14. The molecule has 0 saturated carbocycles. The lowest BCUT2D eigenvalue weighted by Crippen LogP contribution is -2.16. The lowest BCUT2D eigenvalue weighted by molar-refractivity contribution is 0.567. The number of nitrogens with one attached hydrogen (secondary N) is 1. The van der Waals surface area contributed by atoms with Crippen molar-refractivity contribution in [2.75, 3.05) is 11.0 Å². The minimum absolute atomic E-state index is 0.177. The van der Waals surface area contributed by atoms with Gasteiger partial charge in [0.05, 0.1) is 5.69 Å². The van der Waals surface area contributed by atoms with Crippen LogP contribution in [0.15, 0.2) is 5.38 Å². The molecule has 0 spiro atoms. The molecule has 0 atom stereocenters. The number of hydrogen-bond donors (Lipinski definition) is 1. The Balaban J connectivity index is 2.30. The number of thiazole rings is 1. The highest BCUT2D eigenvalue weighted by atomic mass is 127. The van der Waals surface area contributed by atoms with Crippen LogP contribution in [-0.2, 0) is 12.0 Å². The number of hydrogen-bond acceptors (Lipinski definition) is 3. The largest absolute Gasteiger partial charge is 0.310 e. The lowest BCUT2D eigenvalue weighted by atomic mass is 9.93. The Kier molecular flexibility index (Phi) is 6.21. The quantitative estimate of drug-likeness (QED) is 0.479. The van der Waals surface area contributed by atoms with Gasteiger partial charge >= 0.3 is 0 Å². The minimum Gasteiger partial charge on any atom is -0.310 e. The molecule has 1 rings (SSSR count). The second kappa shape index (κ2) is 6.91. The van der Waals surface area contributed by atoms with E-state index in [0.29, 0.717) is 0 Å². The zero-order valence-electron chi connectivity index (χ0n) is 10.3. The van der Waals surface area contributed by atoms with Crippen LogP contribution in [0.5, 0.6) is 0 Å². The Bertz CT molecular complexity index is 304. The fourth-order valence-electron chi connectivity index (χ4n) is 1.28. The Morgan fingerprint density at radius 1 is 1.38 bits per heavy atom. The monoisotopic (exact) mass is 352 g/mol. The summed E-state index contributed by atoms with van der Waals surface area (Å²) < 4.78 is 1.25. The number of halogens is 1. The first-order valence-electron chi connectivity index (χ1n) is 5.75. The molecule has 1 aromatic heterocycles. The summed E-state index contributed by atoms with van der Waals surface area (Å²) >= 11 is 4.19. The number of unbranched alkanes of at least 4 members (excludes halogenated alkanes) is 1. The van der Waals surface area contributed by atoms with Crippen molar-refractivity contribution in [1.29, 1.82) is 0 Å². The molecule has 0 unspecified atom stereocenters. The van der Waals surface area contributed by atoms with E-state index in [4.69, 9.17) is 0 Å². The molecule has 0 bridgehead atoms. The topological polar surface area (TPSA) is 24.9 Å². The summed E-state index contributed by atoms with van der Waals surface area (Å²) in [5.41, 5.74) is 1.39. The van der Waals surface area contributed by atoms with Crippen LogP contribution in [0.3, 0.4) is 0 Å². The Morgan fingerprint density at radius 2 is 2.12 bits per heavy atom. The smallest absolute Gasteiger partial charge is 0.107 e. The van der Waals surface area contributed by atoms with Crippen LogP contribution in [-0.4, -0.2) is 16.0 Å². The summed E-state index contributed by atoms with van der Waals surface area (Å²) in [7, 11) is 0. The van der Waals surface area contributed by atoms with Gasteiger partial charge in [-0.15, -0.1) is 11.3 Å². The molecule has 0 aliphatic carbocycles. The number of rotatable bonds is 6. The highest BCUT2D eigenvalue weighted by Gasteiger charge is 2.16. The molecule has 1 aromatic rings. The summed E-state index contributed by atoms with van der Waals surface area (Å²) in [6, 6.07) is 0. The number of aromatic nitrogens is 1. The van der Waals surface area contributed by atoms with Gasteiger partial charge in [0.25, 0.3) is 0 Å². The number of alkyl halides is 1. The summed E-state index contributed by atoms with van der Waals surface area (Å²) in [5, 5.41) is 6.84. The molecular formula is C12H21IN2S. The molecular weight excluding hydrogens is 331 g/mol. The van der Waals surface area contributed by atoms with E-state index in [0.717, 1.165) is 13.1 Å². The first kappa shape index (κ1) is 14.4. The van der Waals surface area contributed by atoms with Gasteiger partial charge in [-0.2, -0.15) is 0 Å². The fourth-order valence-corrected chi connectivity index (χ4v) is 2.81. The molecule has 0 aliphatic rings. The second-order valence-electron chi connectivity index (χ2n) is 4.95. The van der Waals surface area contributed by atoms with Crippen molar-refractivity contribution in [3.05, 3.63) is 16.1 Å². The van der Waals surface area contributed by atoms with Crippen LogP contribution in [0, 0.1) is 0 Å². The van der Waals surface area contributed by atoms with Gasteiger partial charge in [-0.3, -0.25) is 0 Å². The maximum atomic E-state index is 4.65. The van der Waals surface area contributed by atoms with Crippen LogP contribution in [0.4, 0.5) is 0 Å². The third-order valence-electron chi connectivity index (χ3n) is 2.33.